The van der Waals surface area contributed by atoms with Crippen LogP contribution in [-0.4, -0.2) is 10.7 Å². The number of nitro benzene ring substituents is 1. The van der Waals surface area contributed by atoms with Crippen LogP contribution in [0.1, 0.15) is 31.9 Å². The van der Waals surface area contributed by atoms with E-state index < -0.39 is 16.1 Å². The average Bonchev–Trinajstić information content (AvgIpc) is 2.74. The van der Waals surface area contributed by atoms with Crippen molar-refractivity contribution in [3.63, 3.8) is 0 Å². The van der Waals surface area contributed by atoms with Crippen LogP contribution in [0.5, 0.6) is 0 Å². The van der Waals surface area contributed by atoms with Crippen LogP contribution in [0, 0.1) is 10.1 Å². The SMILES string of the molecule is CC(=O)C1=CC2(C)OC1(C)c1c([N+](=O)[O-])cccc12. The van der Waals surface area contributed by atoms with Crippen LogP contribution < -0.4 is 0 Å². The Kier molecular flexibility index (Phi) is 2.09. The van der Waals surface area contributed by atoms with E-state index in [-0.39, 0.29) is 11.5 Å². The molecule has 0 N–H and O–H groups in total. The first-order chi connectivity index (χ1) is 8.79. The van der Waals surface area contributed by atoms with Crippen molar-refractivity contribution in [3.8, 4) is 0 Å². The smallest absolute Gasteiger partial charge is 0.276 e. The zero-order valence-corrected chi connectivity index (χ0v) is 10.9. The second-order valence-corrected chi connectivity index (χ2v) is 5.31. The summed E-state index contributed by atoms with van der Waals surface area (Å²) in [5.41, 5.74) is 0.0215. The Labute approximate surface area is 110 Å². The Hall–Kier alpha value is -2.01. The fourth-order valence-corrected chi connectivity index (χ4v) is 3.28. The molecule has 3 rings (SSSR count). The number of carbonyl (C=O) groups excluding carboxylic acids is 1. The third-order valence-corrected chi connectivity index (χ3v) is 3.98. The molecule has 0 fully saturated rings. The topological polar surface area (TPSA) is 69.4 Å². The zero-order valence-electron chi connectivity index (χ0n) is 10.9. The van der Waals surface area contributed by atoms with Crippen molar-refractivity contribution in [1.29, 1.82) is 0 Å². The first-order valence-electron chi connectivity index (χ1n) is 6.02. The molecule has 0 radical (unpaired) electrons. The molecule has 2 atom stereocenters. The Balaban J connectivity index is 2.35. The number of nitro groups is 1. The molecule has 1 aromatic carbocycles. The van der Waals surface area contributed by atoms with Crippen LogP contribution in [-0.2, 0) is 20.7 Å². The summed E-state index contributed by atoms with van der Waals surface area (Å²) in [4.78, 5) is 22.5. The monoisotopic (exact) mass is 259 g/mol. The van der Waals surface area contributed by atoms with Crippen LogP contribution in [0.25, 0.3) is 0 Å². The van der Waals surface area contributed by atoms with Crippen molar-refractivity contribution in [1.82, 2.24) is 0 Å². The zero-order chi connectivity index (χ0) is 14.0. The first-order valence-corrected chi connectivity index (χ1v) is 6.02. The van der Waals surface area contributed by atoms with Gasteiger partial charge in [-0.15, -0.1) is 0 Å². The molecule has 98 valence electrons. The van der Waals surface area contributed by atoms with Crippen molar-refractivity contribution < 1.29 is 14.5 Å². The van der Waals surface area contributed by atoms with Gasteiger partial charge in [-0.05, 0) is 26.8 Å². The summed E-state index contributed by atoms with van der Waals surface area (Å²) in [6.45, 7) is 5.01. The molecule has 5 nitrogen and oxygen atoms in total. The normalized spacial score (nSPS) is 31.0. The molecule has 2 unspecified atom stereocenters. The van der Waals surface area contributed by atoms with Gasteiger partial charge in [0, 0.05) is 17.2 Å². The summed E-state index contributed by atoms with van der Waals surface area (Å²) < 4.78 is 5.96. The molecule has 19 heavy (non-hydrogen) atoms. The van der Waals surface area contributed by atoms with Gasteiger partial charge in [-0.3, -0.25) is 14.9 Å². The molecular weight excluding hydrogens is 246 g/mol. The molecule has 2 bridgehead atoms. The highest BCUT2D eigenvalue weighted by Crippen LogP contribution is 2.59. The lowest BCUT2D eigenvalue weighted by Crippen LogP contribution is -2.26. The minimum absolute atomic E-state index is 0.00979. The number of hydrogen-bond donors (Lipinski definition) is 0. The summed E-state index contributed by atoms with van der Waals surface area (Å²) in [5.74, 6) is -0.116. The lowest BCUT2D eigenvalue weighted by atomic mass is 9.76. The molecular formula is C14H13NO4. The van der Waals surface area contributed by atoms with Crippen LogP contribution in [0.2, 0.25) is 0 Å². The van der Waals surface area contributed by atoms with E-state index in [2.05, 4.69) is 0 Å². The van der Waals surface area contributed by atoms with E-state index in [0.29, 0.717) is 11.1 Å². The van der Waals surface area contributed by atoms with Crippen molar-refractivity contribution in [2.75, 3.05) is 0 Å². The number of fused-ring (bicyclic) bond motifs is 5. The second kappa shape index (κ2) is 3.30. The second-order valence-electron chi connectivity index (χ2n) is 5.31. The van der Waals surface area contributed by atoms with E-state index in [1.807, 2.05) is 13.0 Å². The highest BCUT2D eigenvalue weighted by molar-refractivity contribution is 5.97. The number of Topliss-reactive ketones (excluding diaryl/α,β-unsaturated/α-hetero) is 1. The quantitative estimate of drug-likeness (QED) is 0.604. The lowest BCUT2D eigenvalue weighted by molar-refractivity contribution is -0.386. The molecule has 0 spiro atoms. The van der Waals surface area contributed by atoms with Crippen molar-refractivity contribution >= 4 is 11.5 Å². The van der Waals surface area contributed by atoms with Gasteiger partial charge in [0.1, 0.15) is 11.2 Å². The molecule has 0 amide bonds. The van der Waals surface area contributed by atoms with Gasteiger partial charge in [-0.2, -0.15) is 0 Å². The minimum atomic E-state index is -1.01. The molecule has 0 saturated carbocycles. The highest BCUT2D eigenvalue weighted by Gasteiger charge is 2.59. The van der Waals surface area contributed by atoms with Gasteiger partial charge in [0.25, 0.3) is 5.69 Å². The number of rotatable bonds is 2. The fraction of sp³-hybridized carbons (Fsp3) is 0.357. The Morgan fingerprint density at radius 3 is 2.63 bits per heavy atom. The number of nitrogens with zero attached hydrogens (tertiary/aromatic N) is 1. The van der Waals surface area contributed by atoms with E-state index >= 15 is 0 Å². The summed E-state index contributed by atoms with van der Waals surface area (Å²) in [6, 6.07) is 4.92. The van der Waals surface area contributed by atoms with E-state index in [0.717, 1.165) is 5.56 Å². The summed E-state index contributed by atoms with van der Waals surface area (Å²) in [6.07, 6.45) is 1.78. The van der Waals surface area contributed by atoms with Gasteiger partial charge in [-0.25, -0.2) is 0 Å². The van der Waals surface area contributed by atoms with Gasteiger partial charge in [0.05, 0.1) is 10.5 Å². The number of hydrogen-bond acceptors (Lipinski definition) is 4. The maximum atomic E-state index is 11.8. The molecule has 1 aromatic rings. The Morgan fingerprint density at radius 1 is 1.37 bits per heavy atom. The van der Waals surface area contributed by atoms with Crippen molar-refractivity contribution in [3.05, 3.63) is 51.1 Å². The predicted molar refractivity (Wildman–Crippen MR) is 67.6 cm³/mol. The van der Waals surface area contributed by atoms with Gasteiger partial charge in [-0.1, -0.05) is 12.1 Å². The van der Waals surface area contributed by atoms with E-state index in [1.54, 1.807) is 19.1 Å². The highest BCUT2D eigenvalue weighted by atomic mass is 16.6. The third kappa shape index (κ3) is 1.30. The molecule has 0 aromatic heterocycles. The minimum Gasteiger partial charge on any atom is -0.350 e. The molecule has 0 aliphatic carbocycles. The van der Waals surface area contributed by atoms with Crippen LogP contribution >= 0.6 is 0 Å². The Morgan fingerprint density at radius 2 is 2.05 bits per heavy atom. The number of benzene rings is 1. The van der Waals surface area contributed by atoms with Crippen molar-refractivity contribution in [2.24, 2.45) is 0 Å². The van der Waals surface area contributed by atoms with Gasteiger partial charge >= 0.3 is 0 Å². The number of ether oxygens (including phenoxy) is 1. The molecule has 2 aliphatic rings. The third-order valence-electron chi connectivity index (χ3n) is 3.98. The first kappa shape index (κ1) is 12.0. The van der Waals surface area contributed by atoms with E-state index in [9.17, 15) is 14.9 Å². The molecule has 0 saturated heterocycles. The van der Waals surface area contributed by atoms with E-state index in [4.69, 9.17) is 4.74 Å². The Bertz CT molecular complexity index is 663. The predicted octanol–water partition coefficient (Wildman–Crippen LogP) is 2.58. The number of carbonyl (C=O) groups is 1. The summed E-state index contributed by atoms with van der Waals surface area (Å²) in [7, 11) is 0. The molecule has 5 heteroatoms. The number of ketones is 1. The fourth-order valence-electron chi connectivity index (χ4n) is 3.28. The molecule has 2 aliphatic heterocycles. The van der Waals surface area contributed by atoms with Gasteiger partial charge in [0.15, 0.2) is 5.78 Å². The summed E-state index contributed by atoms with van der Waals surface area (Å²) >= 11 is 0. The van der Waals surface area contributed by atoms with Gasteiger partial charge < -0.3 is 4.74 Å². The van der Waals surface area contributed by atoms with E-state index in [1.165, 1.54) is 13.0 Å². The lowest BCUT2D eigenvalue weighted by Gasteiger charge is -2.23. The summed E-state index contributed by atoms with van der Waals surface area (Å²) in [5, 5.41) is 11.2. The maximum Gasteiger partial charge on any atom is 0.276 e. The van der Waals surface area contributed by atoms with Crippen LogP contribution in [0.4, 0.5) is 5.69 Å². The van der Waals surface area contributed by atoms with Crippen LogP contribution in [0.15, 0.2) is 29.8 Å². The maximum absolute atomic E-state index is 11.8. The van der Waals surface area contributed by atoms with Crippen molar-refractivity contribution in [2.45, 2.75) is 32.0 Å². The van der Waals surface area contributed by atoms with Crippen LogP contribution in [0.3, 0.4) is 0 Å². The molecule has 2 heterocycles. The largest absolute Gasteiger partial charge is 0.350 e. The van der Waals surface area contributed by atoms with Gasteiger partial charge in [0.2, 0.25) is 0 Å². The average molecular weight is 259 g/mol. The standard InChI is InChI=1S/C14H13NO4/c1-8(16)10-7-13(2)9-5-4-6-11(15(17)18)12(9)14(10,3)19-13/h4-7H,1-3H3.